The van der Waals surface area contributed by atoms with E-state index in [0.29, 0.717) is 0 Å². The number of carbonyl (C=O) groups is 1. The Morgan fingerprint density at radius 1 is 1.58 bits per heavy atom. The van der Waals surface area contributed by atoms with Gasteiger partial charge in [-0.2, -0.15) is 0 Å². The zero-order valence-electron chi connectivity index (χ0n) is 6.74. The summed E-state index contributed by atoms with van der Waals surface area (Å²) < 4.78 is 4.12. The average Bonchev–Trinajstić information content (AvgIpc) is 1.82. The van der Waals surface area contributed by atoms with Crippen molar-refractivity contribution in [3.05, 3.63) is 10.6 Å². The van der Waals surface area contributed by atoms with E-state index in [1.54, 1.807) is 0 Å². The molecule has 0 aromatic heterocycles. The van der Waals surface area contributed by atoms with Gasteiger partial charge in [0.1, 0.15) is 4.91 Å². The van der Waals surface area contributed by atoms with Crippen molar-refractivity contribution in [1.29, 1.82) is 0 Å². The van der Waals surface area contributed by atoms with Crippen LogP contribution in [0.4, 0.5) is 0 Å². The molecule has 6 heteroatoms. The fourth-order valence-corrected chi connectivity index (χ4v) is 0.431. The van der Waals surface area contributed by atoms with E-state index in [4.69, 9.17) is 15.9 Å². The van der Waals surface area contributed by atoms with E-state index in [-0.39, 0.29) is 10.6 Å². The number of nitrogens with two attached hydrogens (primary N) is 1. The smallest absolute Gasteiger partial charge is 0.350 e. The van der Waals surface area contributed by atoms with Gasteiger partial charge in [0, 0.05) is 12.6 Å². The minimum atomic E-state index is -2.50. The number of hydrogen-bond acceptors (Lipinski definition) is 6. The second kappa shape index (κ2) is 3.79. The fraction of sp³-hybridized carbons (Fsp3) is 0.500. The van der Waals surface area contributed by atoms with E-state index < -0.39 is 11.9 Å². The lowest BCUT2D eigenvalue weighted by Crippen LogP contribution is -2.31. The second-order valence-electron chi connectivity index (χ2n) is 2.36. The molecule has 0 aliphatic rings. The van der Waals surface area contributed by atoms with E-state index in [1.165, 1.54) is 6.92 Å². The van der Waals surface area contributed by atoms with Crippen molar-refractivity contribution in [2.45, 2.75) is 19.8 Å². The first-order valence-electron chi connectivity index (χ1n) is 3.07. The highest BCUT2D eigenvalue weighted by atomic mass is 32.1. The van der Waals surface area contributed by atoms with Gasteiger partial charge >= 0.3 is 11.9 Å². The van der Waals surface area contributed by atoms with Crippen LogP contribution in [0.25, 0.3) is 0 Å². The highest BCUT2D eigenvalue weighted by molar-refractivity contribution is 7.85. The van der Waals surface area contributed by atoms with Gasteiger partial charge < -0.3 is 20.7 Å². The molecule has 0 saturated carbocycles. The molecule has 0 aromatic rings. The lowest BCUT2D eigenvalue weighted by atomic mass is 10.4. The first kappa shape index (κ1) is 11.3. The molecule has 0 aliphatic heterocycles. The summed E-state index contributed by atoms with van der Waals surface area (Å²) in [5, 5.41) is 17.3. The third-order valence-corrected chi connectivity index (χ3v) is 1.39. The quantitative estimate of drug-likeness (QED) is 0.201. The molecule has 0 spiro atoms. The molecule has 0 aliphatic carbocycles. The predicted molar refractivity (Wildman–Crippen MR) is 44.8 cm³/mol. The van der Waals surface area contributed by atoms with Gasteiger partial charge in [-0.1, -0.05) is 0 Å². The van der Waals surface area contributed by atoms with Crippen LogP contribution < -0.4 is 5.73 Å². The zero-order chi connectivity index (χ0) is 9.94. The number of rotatable bonds is 2. The number of esters is 1. The first-order valence-corrected chi connectivity index (χ1v) is 3.52. The Balaban J connectivity index is 4.36. The number of ether oxygens (including phenoxy) is 1. The Labute approximate surface area is 75.2 Å². The van der Waals surface area contributed by atoms with Crippen LogP contribution in [-0.4, -0.2) is 22.2 Å². The molecule has 0 heterocycles. The summed E-state index contributed by atoms with van der Waals surface area (Å²) in [6.07, 6.45) is 0. The maximum Gasteiger partial charge on any atom is 0.350 e. The minimum absolute atomic E-state index is 0.146. The summed E-state index contributed by atoms with van der Waals surface area (Å²) in [7, 11) is 0. The van der Waals surface area contributed by atoms with Crippen LogP contribution in [0.15, 0.2) is 10.6 Å². The van der Waals surface area contributed by atoms with E-state index in [9.17, 15) is 4.79 Å². The van der Waals surface area contributed by atoms with Crippen molar-refractivity contribution >= 4 is 18.6 Å². The molecule has 0 radical (unpaired) electrons. The van der Waals surface area contributed by atoms with Crippen molar-refractivity contribution in [1.82, 2.24) is 0 Å². The molecule has 5 nitrogen and oxygen atoms in total. The van der Waals surface area contributed by atoms with Crippen molar-refractivity contribution < 1.29 is 19.7 Å². The second-order valence-corrected chi connectivity index (χ2v) is 2.80. The van der Waals surface area contributed by atoms with Crippen LogP contribution in [-0.2, 0) is 9.53 Å². The molecule has 0 fully saturated rings. The average molecular weight is 193 g/mol. The number of hydrogen-bond donors (Lipinski definition) is 4. The molecule has 4 N–H and O–H groups in total. The van der Waals surface area contributed by atoms with Crippen molar-refractivity contribution in [2.75, 3.05) is 0 Å². The Morgan fingerprint density at radius 2 is 2.00 bits per heavy atom. The predicted octanol–water partition coefficient (Wildman–Crippen LogP) is -0.692. The lowest BCUT2D eigenvalue weighted by Gasteiger charge is -2.15. The van der Waals surface area contributed by atoms with Crippen molar-refractivity contribution in [2.24, 2.45) is 5.73 Å². The third kappa shape index (κ3) is 4.22. The van der Waals surface area contributed by atoms with E-state index in [2.05, 4.69) is 17.4 Å². The largest absolute Gasteiger partial charge is 0.404 e. The van der Waals surface area contributed by atoms with Crippen LogP contribution in [0.5, 0.6) is 0 Å². The van der Waals surface area contributed by atoms with E-state index in [0.717, 1.165) is 6.92 Å². The Morgan fingerprint density at radius 3 is 2.25 bits per heavy atom. The lowest BCUT2D eigenvalue weighted by molar-refractivity contribution is -0.304. The molecule has 0 rings (SSSR count). The molecule has 0 amide bonds. The van der Waals surface area contributed by atoms with Crippen molar-refractivity contribution in [3.8, 4) is 0 Å². The Kier molecular flexibility index (Phi) is 3.56. The minimum Gasteiger partial charge on any atom is -0.404 e. The normalized spacial score (nSPS) is 13.8. The van der Waals surface area contributed by atoms with E-state index in [1.807, 2.05) is 0 Å². The molecule has 12 heavy (non-hydrogen) atoms. The fourth-order valence-electron chi connectivity index (χ4n) is 0.385. The molecule has 0 aromatic carbocycles. The van der Waals surface area contributed by atoms with Crippen LogP contribution in [0.2, 0.25) is 0 Å². The van der Waals surface area contributed by atoms with Gasteiger partial charge in [-0.15, -0.1) is 12.6 Å². The van der Waals surface area contributed by atoms with Crippen LogP contribution in [0.3, 0.4) is 0 Å². The molecule has 0 bridgehead atoms. The van der Waals surface area contributed by atoms with E-state index >= 15 is 0 Å². The number of aliphatic hydroxyl groups is 2. The van der Waals surface area contributed by atoms with Crippen molar-refractivity contribution in [3.63, 3.8) is 0 Å². The molecule has 70 valence electrons. The van der Waals surface area contributed by atoms with Gasteiger partial charge in [0.2, 0.25) is 0 Å². The van der Waals surface area contributed by atoms with Gasteiger partial charge in [-0.25, -0.2) is 4.79 Å². The number of allylic oxidation sites excluding steroid dienone is 1. The van der Waals surface area contributed by atoms with Gasteiger partial charge in [0.25, 0.3) is 0 Å². The molecule has 0 saturated heterocycles. The van der Waals surface area contributed by atoms with Gasteiger partial charge in [0.05, 0.1) is 0 Å². The maximum atomic E-state index is 10.8. The molecule has 0 unspecified atom stereocenters. The van der Waals surface area contributed by atoms with Crippen LogP contribution in [0.1, 0.15) is 13.8 Å². The van der Waals surface area contributed by atoms with Crippen LogP contribution >= 0.6 is 12.6 Å². The molecular weight excluding hydrogens is 182 g/mol. The SMILES string of the molecule is C/C(N)=C(\S)C(=O)OC(C)(O)O. The molecule has 0 atom stereocenters. The zero-order valence-corrected chi connectivity index (χ0v) is 7.63. The highest BCUT2D eigenvalue weighted by Crippen LogP contribution is 2.10. The number of thiol groups is 1. The Hall–Kier alpha value is -0.720. The summed E-state index contributed by atoms with van der Waals surface area (Å²) in [5.74, 6) is -3.48. The third-order valence-electron chi connectivity index (χ3n) is 0.853. The topological polar surface area (TPSA) is 92.8 Å². The monoisotopic (exact) mass is 193 g/mol. The first-order chi connectivity index (χ1) is 5.24. The summed E-state index contributed by atoms with van der Waals surface area (Å²) in [6, 6.07) is 0. The Bertz CT molecular complexity index is 214. The summed E-state index contributed by atoms with van der Waals surface area (Å²) in [4.78, 5) is 10.7. The summed E-state index contributed by atoms with van der Waals surface area (Å²) >= 11 is 3.69. The van der Waals surface area contributed by atoms with Gasteiger partial charge in [0.15, 0.2) is 0 Å². The summed E-state index contributed by atoms with van der Waals surface area (Å²) in [6.45, 7) is 2.34. The van der Waals surface area contributed by atoms with Gasteiger partial charge in [-0.05, 0) is 6.92 Å². The summed E-state index contributed by atoms with van der Waals surface area (Å²) in [5.41, 5.74) is 5.34. The molecular formula is C6H11NO4S. The maximum absolute atomic E-state index is 10.8. The standard InChI is InChI=1S/C6H11NO4S/c1-3(7)4(12)5(8)11-6(2,9)10/h9-10,12H,7H2,1-2H3/b4-3+. The van der Waals surface area contributed by atoms with Crippen LogP contribution in [0, 0.1) is 0 Å². The van der Waals surface area contributed by atoms with Gasteiger partial charge in [-0.3, -0.25) is 0 Å². The highest BCUT2D eigenvalue weighted by Gasteiger charge is 2.22. The number of carbonyl (C=O) groups excluding carboxylic acids is 1.